The second kappa shape index (κ2) is 5.40. The Hall–Kier alpha value is -3.02. The Morgan fingerprint density at radius 1 is 0.727 bits per heavy atom. The van der Waals surface area contributed by atoms with Gasteiger partial charge in [0.2, 0.25) is 0 Å². The van der Waals surface area contributed by atoms with E-state index in [1.807, 2.05) is 59.9 Å². The Morgan fingerprint density at radius 3 is 1.50 bits per heavy atom. The molecule has 6 heteroatoms. The summed E-state index contributed by atoms with van der Waals surface area (Å²) < 4.78 is 3.63. The minimum absolute atomic E-state index is 0.0324. The van der Waals surface area contributed by atoms with Gasteiger partial charge in [0, 0.05) is 49.7 Å². The maximum absolute atomic E-state index is 11.2. The summed E-state index contributed by atoms with van der Waals surface area (Å²) in [6.45, 7) is 0. The van der Waals surface area contributed by atoms with Gasteiger partial charge in [-0.1, -0.05) is 0 Å². The maximum atomic E-state index is 11.2. The van der Waals surface area contributed by atoms with Gasteiger partial charge in [-0.2, -0.15) is 0 Å². The molecule has 0 bridgehead atoms. The highest BCUT2D eigenvalue weighted by molar-refractivity contribution is 5.79. The predicted octanol–water partition coefficient (Wildman–Crippen LogP) is 1.73. The summed E-state index contributed by atoms with van der Waals surface area (Å²) in [5, 5.41) is 1.97. The zero-order chi connectivity index (χ0) is 15.7. The van der Waals surface area contributed by atoms with E-state index in [2.05, 4.69) is 9.97 Å². The summed E-state index contributed by atoms with van der Waals surface area (Å²) in [5.74, 6) is 0. The monoisotopic (exact) mass is 296 g/mol. The average molecular weight is 296 g/mol. The van der Waals surface area contributed by atoms with Crippen LogP contribution < -0.4 is 11.1 Å². The van der Waals surface area contributed by atoms with Crippen LogP contribution in [0, 0.1) is 0 Å². The van der Waals surface area contributed by atoms with E-state index < -0.39 is 0 Å². The number of hydrogen-bond acceptors (Lipinski definition) is 2. The Labute approximate surface area is 125 Å². The standard InChI is InChI=1S/2C8H8N2O/c2*1-10-5-3-6-2-4-9-8(11)7(6)10/h2*2-5H,1H3,(H,9,11). The quantitative estimate of drug-likeness (QED) is 0.518. The van der Waals surface area contributed by atoms with Crippen LogP contribution in [0.15, 0.2) is 58.6 Å². The molecule has 6 nitrogen and oxygen atoms in total. The van der Waals surface area contributed by atoms with Gasteiger partial charge in [0.15, 0.2) is 0 Å². The van der Waals surface area contributed by atoms with Gasteiger partial charge >= 0.3 is 0 Å². The van der Waals surface area contributed by atoms with Crippen molar-refractivity contribution < 1.29 is 0 Å². The predicted molar refractivity (Wildman–Crippen MR) is 87.1 cm³/mol. The minimum atomic E-state index is -0.0324. The number of aromatic nitrogens is 4. The number of pyridine rings is 2. The summed E-state index contributed by atoms with van der Waals surface area (Å²) in [5.41, 5.74) is 1.39. The summed E-state index contributed by atoms with van der Waals surface area (Å²) in [7, 11) is 3.72. The zero-order valence-electron chi connectivity index (χ0n) is 12.3. The van der Waals surface area contributed by atoms with Crippen molar-refractivity contribution in [2.24, 2.45) is 14.1 Å². The molecule has 0 spiro atoms. The summed E-state index contributed by atoms with van der Waals surface area (Å²) in [4.78, 5) is 27.6. The second-order valence-corrected chi connectivity index (χ2v) is 5.07. The fourth-order valence-corrected chi connectivity index (χ4v) is 2.50. The van der Waals surface area contributed by atoms with Crippen LogP contribution in [0.1, 0.15) is 0 Å². The third-order valence-electron chi connectivity index (χ3n) is 3.59. The Morgan fingerprint density at radius 2 is 1.14 bits per heavy atom. The van der Waals surface area contributed by atoms with Gasteiger partial charge in [0.05, 0.1) is 0 Å². The first-order valence-electron chi connectivity index (χ1n) is 6.83. The molecule has 0 amide bonds. The van der Waals surface area contributed by atoms with E-state index in [0.29, 0.717) is 0 Å². The number of nitrogens with one attached hydrogen (secondary N) is 2. The molecule has 0 aliphatic carbocycles. The van der Waals surface area contributed by atoms with Crippen molar-refractivity contribution in [3.63, 3.8) is 0 Å². The van der Waals surface area contributed by atoms with E-state index in [1.165, 1.54) is 0 Å². The number of aryl methyl sites for hydroxylation is 2. The molecule has 0 atom stereocenters. The Kier molecular flexibility index (Phi) is 3.42. The third kappa shape index (κ3) is 2.35. The van der Waals surface area contributed by atoms with Gasteiger partial charge in [-0.3, -0.25) is 9.59 Å². The SMILES string of the molecule is Cn1ccc2cc[nH]c(=O)c21.Cn1ccc2cc[nH]c(=O)c21. The van der Waals surface area contributed by atoms with Crippen LogP contribution in [0.3, 0.4) is 0 Å². The second-order valence-electron chi connectivity index (χ2n) is 5.07. The van der Waals surface area contributed by atoms with Gasteiger partial charge in [-0.15, -0.1) is 0 Å². The van der Waals surface area contributed by atoms with Gasteiger partial charge in [0.1, 0.15) is 11.0 Å². The molecular formula is C16H16N4O2. The molecule has 112 valence electrons. The number of aromatic amines is 2. The summed E-state index contributed by atoms with van der Waals surface area (Å²) in [6.07, 6.45) is 7.06. The van der Waals surface area contributed by atoms with Crippen molar-refractivity contribution in [3.8, 4) is 0 Å². The van der Waals surface area contributed by atoms with Gasteiger partial charge in [-0.05, 0) is 24.3 Å². The molecule has 0 aromatic carbocycles. The van der Waals surface area contributed by atoms with Crippen molar-refractivity contribution in [2.45, 2.75) is 0 Å². The fraction of sp³-hybridized carbons (Fsp3) is 0.125. The third-order valence-corrected chi connectivity index (χ3v) is 3.59. The highest BCUT2D eigenvalue weighted by Crippen LogP contribution is 2.08. The summed E-state index contributed by atoms with van der Waals surface area (Å²) >= 11 is 0. The van der Waals surface area contributed by atoms with Crippen LogP contribution in [0.25, 0.3) is 21.8 Å². The van der Waals surface area contributed by atoms with Crippen LogP contribution in [-0.4, -0.2) is 19.1 Å². The van der Waals surface area contributed by atoms with E-state index in [0.717, 1.165) is 21.8 Å². The number of rotatable bonds is 0. The first-order chi connectivity index (χ1) is 10.6. The largest absolute Gasteiger partial charge is 0.346 e. The average Bonchev–Trinajstić information content (AvgIpc) is 3.06. The number of nitrogens with zero attached hydrogens (tertiary/aromatic N) is 2. The number of hydrogen-bond donors (Lipinski definition) is 2. The molecule has 0 saturated heterocycles. The van der Waals surface area contributed by atoms with E-state index in [-0.39, 0.29) is 11.1 Å². The lowest BCUT2D eigenvalue weighted by molar-refractivity contribution is 0.958. The van der Waals surface area contributed by atoms with Crippen LogP contribution >= 0.6 is 0 Å². The topological polar surface area (TPSA) is 75.6 Å². The molecular weight excluding hydrogens is 280 g/mol. The van der Waals surface area contributed by atoms with Crippen molar-refractivity contribution in [2.75, 3.05) is 0 Å². The molecule has 4 rings (SSSR count). The van der Waals surface area contributed by atoms with Crippen LogP contribution in [0.4, 0.5) is 0 Å². The molecule has 4 aromatic rings. The van der Waals surface area contributed by atoms with E-state index >= 15 is 0 Å². The smallest absolute Gasteiger partial charge is 0.272 e. The molecule has 0 fully saturated rings. The molecule has 0 radical (unpaired) electrons. The van der Waals surface area contributed by atoms with E-state index in [9.17, 15) is 9.59 Å². The fourth-order valence-electron chi connectivity index (χ4n) is 2.50. The highest BCUT2D eigenvalue weighted by atomic mass is 16.1. The van der Waals surface area contributed by atoms with Crippen LogP contribution in [0.5, 0.6) is 0 Å². The van der Waals surface area contributed by atoms with Crippen molar-refractivity contribution in [1.29, 1.82) is 0 Å². The van der Waals surface area contributed by atoms with Crippen LogP contribution in [-0.2, 0) is 14.1 Å². The first-order valence-corrected chi connectivity index (χ1v) is 6.83. The van der Waals surface area contributed by atoms with Gasteiger partial charge in [0.25, 0.3) is 11.1 Å². The van der Waals surface area contributed by atoms with E-state index in [4.69, 9.17) is 0 Å². The summed E-state index contributed by atoms with van der Waals surface area (Å²) in [6, 6.07) is 7.61. The normalized spacial score (nSPS) is 10.6. The lowest BCUT2D eigenvalue weighted by atomic mass is 10.3. The molecule has 0 unspecified atom stereocenters. The lowest BCUT2D eigenvalue weighted by Crippen LogP contribution is -2.07. The van der Waals surface area contributed by atoms with Crippen LogP contribution in [0.2, 0.25) is 0 Å². The van der Waals surface area contributed by atoms with Gasteiger partial charge in [-0.25, -0.2) is 0 Å². The Bertz CT molecular complexity index is 963. The zero-order valence-corrected chi connectivity index (χ0v) is 12.3. The minimum Gasteiger partial charge on any atom is -0.346 e. The molecule has 0 aliphatic heterocycles. The Balaban J connectivity index is 0.000000131. The van der Waals surface area contributed by atoms with Gasteiger partial charge < -0.3 is 19.1 Å². The molecule has 22 heavy (non-hydrogen) atoms. The molecule has 2 N–H and O–H groups in total. The van der Waals surface area contributed by atoms with Crippen molar-refractivity contribution >= 4 is 21.8 Å². The number of fused-ring (bicyclic) bond motifs is 2. The molecule has 0 saturated carbocycles. The molecule has 4 aromatic heterocycles. The lowest BCUT2D eigenvalue weighted by Gasteiger charge is -1.91. The maximum Gasteiger partial charge on any atom is 0.272 e. The molecule has 4 heterocycles. The van der Waals surface area contributed by atoms with Crippen molar-refractivity contribution in [1.82, 2.24) is 19.1 Å². The number of H-pyrrole nitrogens is 2. The van der Waals surface area contributed by atoms with Crippen molar-refractivity contribution in [3.05, 3.63) is 69.8 Å². The molecule has 0 aliphatic rings. The first kappa shape index (κ1) is 13.9. The highest BCUT2D eigenvalue weighted by Gasteiger charge is 2.00. The van der Waals surface area contributed by atoms with E-state index in [1.54, 1.807) is 12.4 Å².